The quantitative estimate of drug-likeness (QED) is 0.0654. The molecule has 1 saturated heterocycles. The molecule has 8 N–H and O–H groups in total. The molecular weight excluding hydrogens is 1520 g/mol. The molecule has 0 saturated carbocycles. The van der Waals surface area contributed by atoms with E-state index >= 15 is 0 Å². The molecule has 0 unspecified atom stereocenters. The number of ketones is 1. The van der Waals surface area contributed by atoms with Gasteiger partial charge in [-0.3, -0.25) is 4.79 Å². The number of hydrogen-bond donors (Lipinski definition) is 4. The number of nitrogens with two attached hydrogens (primary N) is 4. The minimum Gasteiger partial charge on any atom is -0.399 e. The van der Waals surface area contributed by atoms with Gasteiger partial charge in [-0.2, -0.15) is 0 Å². The van der Waals surface area contributed by atoms with Gasteiger partial charge < -0.3 is 32.2 Å². The smallest absolute Gasteiger partial charge is 0.399 e. The van der Waals surface area contributed by atoms with Crippen LogP contribution in [0.25, 0.3) is 99.9 Å². The number of nitrogens with zero attached hydrogens (tertiary/aromatic N) is 17. The van der Waals surface area contributed by atoms with Gasteiger partial charge in [-0.15, -0.1) is 30.6 Å². The van der Waals surface area contributed by atoms with Gasteiger partial charge in [0.15, 0.2) is 10.4 Å². The van der Waals surface area contributed by atoms with E-state index in [0.717, 1.165) is 109 Å². The Morgan fingerprint density at radius 3 is 1.14 bits per heavy atom. The molecule has 28 heteroatoms. The van der Waals surface area contributed by atoms with Crippen LogP contribution in [0, 0.1) is 27.7 Å². The highest BCUT2D eigenvalue weighted by molar-refractivity contribution is 9.11. The normalized spacial score (nSPS) is 12.4. The predicted octanol–water partition coefficient (Wildman–Crippen LogP) is 15.1. The van der Waals surface area contributed by atoms with Crippen molar-refractivity contribution in [1.29, 1.82) is 0 Å². The molecule has 8 heterocycles. The van der Waals surface area contributed by atoms with Crippen LogP contribution in [0.2, 0.25) is 0 Å². The van der Waals surface area contributed by atoms with E-state index in [1.165, 1.54) is 6.92 Å². The molecule has 0 amide bonds. The van der Waals surface area contributed by atoms with Crippen LogP contribution in [-0.4, -0.2) is 110 Å². The lowest BCUT2D eigenvalue weighted by molar-refractivity contribution is 0.00578. The number of aromatic nitrogens is 17. The second kappa shape index (κ2) is 33.3. The van der Waals surface area contributed by atoms with Crippen LogP contribution in [0.4, 0.5) is 23.5 Å². The Labute approximate surface area is 630 Å². The number of rotatable bonds is 7. The number of fused-ring (bicyclic) bond motifs is 4. The second-order valence-corrected chi connectivity index (χ2v) is 27.3. The Bertz CT molecular complexity index is 5440. The fraction of sp³-hybridized carbons (Fsp3) is 0.143. The van der Waals surface area contributed by atoms with Gasteiger partial charge in [0.05, 0.1) is 33.3 Å². The lowest BCUT2D eigenvalue weighted by Crippen LogP contribution is -2.41. The van der Waals surface area contributed by atoms with Gasteiger partial charge >= 0.3 is 7.12 Å². The fourth-order valence-electron chi connectivity index (χ4n) is 10.8. The Kier molecular flexibility index (Phi) is 23.6. The number of carbonyl (C=O) groups is 1. The molecule has 24 nitrogen and oxygen atoms in total. The van der Waals surface area contributed by atoms with Crippen molar-refractivity contribution in [3.8, 4) is 56.3 Å². The molecule has 16 rings (SSSR count). The lowest BCUT2D eigenvalue weighted by Gasteiger charge is -2.32. The molecule has 105 heavy (non-hydrogen) atoms. The van der Waals surface area contributed by atoms with E-state index in [0.29, 0.717) is 44.3 Å². The zero-order valence-electron chi connectivity index (χ0n) is 58.5. The number of nitrogen functional groups attached to an aromatic ring is 4. The van der Waals surface area contributed by atoms with Gasteiger partial charge in [-0.1, -0.05) is 147 Å². The first kappa shape index (κ1) is 74.6. The van der Waals surface area contributed by atoms with Crippen molar-refractivity contribution in [2.45, 2.75) is 73.5 Å². The minimum absolute atomic E-state index is 0.0104. The van der Waals surface area contributed by atoms with Crippen LogP contribution in [0.5, 0.6) is 0 Å². The number of hydrogen-bond acceptors (Lipinski definition) is 24. The first-order chi connectivity index (χ1) is 50.4. The average Bonchev–Trinajstić information content (AvgIpc) is 1.62. The molecule has 15 aromatic rings. The summed E-state index contributed by atoms with van der Waals surface area (Å²) < 4.78 is 14.7. The van der Waals surface area contributed by atoms with E-state index < -0.39 is 0 Å². The molecule has 8 aromatic carbocycles. The third-order valence-corrected chi connectivity index (χ3v) is 18.5. The van der Waals surface area contributed by atoms with E-state index in [1.807, 2.05) is 191 Å². The number of halogens is 3. The summed E-state index contributed by atoms with van der Waals surface area (Å²) in [5.74, 6) is 0.465. The number of benzene rings is 8. The van der Waals surface area contributed by atoms with Gasteiger partial charge in [0.2, 0.25) is 17.8 Å². The molecule has 1 fully saturated rings. The van der Waals surface area contributed by atoms with Crippen LogP contribution in [0.3, 0.4) is 0 Å². The first-order valence-electron chi connectivity index (χ1n) is 32.7. The number of aryl methyl sites for hydroxylation is 4. The Balaban J connectivity index is 0.000000129. The standard InChI is InChI=1S/2C18H14N6.C15H19BN2O2.C9H7BrN4.C9H7BrN2.C8H8BrNO/c2*1-11-14-9-13(7-8-15(14)21-10-20-11)17-16(22-18(19)24-23-17)12-5-3-2-4-6-12;1-10-12-8-11(6-7-13(12)18-9-17-10)16-19-14(2,3)15(4,5)20-16;10-8-7(12-9(11)14-13-8)6-4-2-1-3-5-6;1-6-8-4-7(10)2-3-9(8)12-5-11-6;1-5(11)7-4-6(9)2-3-8(7)10/h2*2-10H,1H3,(H2,19,22,24);6-9H,1-5H3;1-5H,(H2,11,12,14);2-5H,1H3;2-4H,10H2,1H3. The summed E-state index contributed by atoms with van der Waals surface area (Å²) in [4.78, 5) is 57.7. The van der Waals surface area contributed by atoms with Gasteiger partial charge in [0, 0.05) is 92.3 Å². The SMILES string of the molecule is CC(=O)c1cc(Br)ccc1N.Cc1ncnc2ccc(-c3nnc(N)nc3-c3ccccc3)cc12.Cc1ncnc2ccc(-c3nnc(N)nc3-c3ccccc3)cc12.Cc1ncnc2ccc(B3OC(C)(C)C(C)(C)O3)cc12.Cc1ncnc2ccc(Br)cc12.Nc1nnc(Br)c(-c2ccccc2)n1. The van der Waals surface area contributed by atoms with Crippen LogP contribution >= 0.6 is 47.8 Å². The molecular formula is C77H69BBr3N21O3. The zero-order valence-corrected chi connectivity index (χ0v) is 63.2. The predicted molar refractivity (Wildman–Crippen MR) is 424 cm³/mol. The molecule has 0 radical (unpaired) electrons. The van der Waals surface area contributed by atoms with Gasteiger partial charge in [-0.25, -0.2) is 54.8 Å². The third-order valence-electron chi connectivity index (χ3n) is 17.0. The third kappa shape index (κ3) is 18.3. The monoisotopic (exact) mass is 1580 g/mol. The van der Waals surface area contributed by atoms with Crippen molar-refractivity contribution in [3.05, 3.63) is 249 Å². The summed E-state index contributed by atoms with van der Waals surface area (Å²) in [6, 6.07) is 58.4. The van der Waals surface area contributed by atoms with Gasteiger partial charge in [0.25, 0.3) is 0 Å². The van der Waals surface area contributed by atoms with E-state index in [4.69, 9.17) is 32.2 Å². The lowest BCUT2D eigenvalue weighted by atomic mass is 9.78. The summed E-state index contributed by atoms with van der Waals surface area (Å²) >= 11 is 9.94. The molecule has 0 spiro atoms. The first-order valence-corrected chi connectivity index (χ1v) is 35.0. The maximum atomic E-state index is 10.9. The second-order valence-electron chi connectivity index (χ2n) is 24.8. The number of Topliss-reactive ketones (excluding diaryl/α,β-unsaturated/α-hetero) is 1. The molecule has 7 aromatic heterocycles. The summed E-state index contributed by atoms with van der Waals surface area (Å²) in [6.45, 7) is 17.6. The van der Waals surface area contributed by atoms with Crippen molar-refractivity contribution in [2.75, 3.05) is 22.9 Å². The molecule has 1 aliphatic rings. The zero-order chi connectivity index (χ0) is 74.5. The van der Waals surface area contributed by atoms with Crippen molar-refractivity contribution in [3.63, 3.8) is 0 Å². The summed E-state index contributed by atoms with van der Waals surface area (Å²) in [5, 5.41) is 28.0. The summed E-state index contributed by atoms with van der Waals surface area (Å²) in [7, 11) is -0.344. The van der Waals surface area contributed by atoms with E-state index in [-0.39, 0.29) is 41.9 Å². The highest BCUT2D eigenvalue weighted by Gasteiger charge is 2.51. The van der Waals surface area contributed by atoms with Crippen molar-refractivity contribution in [1.82, 2.24) is 85.4 Å². The molecule has 0 aliphatic carbocycles. The summed E-state index contributed by atoms with van der Waals surface area (Å²) in [5.41, 5.74) is 39.6. The average molecular weight is 1590 g/mol. The molecule has 1 aliphatic heterocycles. The maximum absolute atomic E-state index is 10.9. The Morgan fingerprint density at radius 2 is 0.724 bits per heavy atom. The maximum Gasteiger partial charge on any atom is 0.494 e. The fourth-order valence-corrected chi connectivity index (χ4v) is 11.9. The van der Waals surface area contributed by atoms with Crippen LogP contribution in [0.15, 0.2) is 221 Å². The van der Waals surface area contributed by atoms with Crippen LogP contribution < -0.4 is 28.4 Å². The highest BCUT2D eigenvalue weighted by atomic mass is 79.9. The number of carbonyl (C=O) groups excluding carboxylic acids is 1. The highest BCUT2D eigenvalue weighted by Crippen LogP contribution is 2.38. The molecule has 524 valence electrons. The topological polar surface area (TPSA) is 359 Å². The van der Waals surface area contributed by atoms with Crippen molar-refractivity contribution in [2.24, 2.45) is 0 Å². The Hall–Kier alpha value is -11.6. The molecule has 0 atom stereocenters. The van der Waals surface area contributed by atoms with Gasteiger partial charge in [-0.05, 0) is 150 Å². The van der Waals surface area contributed by atoms with Gasteiger partial charge in [0.1, 0.15) is 53.8 Å². The largest absolute Gasteiger partial charge is 0.494 e. The van der Waals surface area contributed by atoms with E-state index in [9.17, 15) is 4.79 Å². The van der Waals surface area contributed by atoms with E-state index in [1.54, 1.807) is 37.4 Å². The number of anilines is 4. The van der Waals surface area contributed by atoms with Crippen molar-refractivity contribution < 1.29 is 14.1 Å². The van der Waals surface area contributed by atoms with Crippen molar-refractivity contribution >= 4 is 133 Å². The Morgan fingerprint density at radius 1 is 0.371 bits per heavy atom. The van der Waals surface area contributed by atoms with Crippen LogP contribution in [0.1, 0.15) is 67.8 Å². The minimum atomic E-state index is -0.344. The van der Waals surface area contributed by atoms with E-state index in [2.05, 4.69) is 167 Å². The van der Waals surface area contributed by atoms with Crippen LogP contribution in [-0.2, 0) is 9.31 Å². The summed E-state index contributed by atoms with van der Waals surface area (Å²) in [6.07, 6.45) is 6.31. The molecule has 0 bridgehead atoms.